The summed E-state index contributed by atoms with van der Waals surface area (Å²) < 4.78 is 44.7. The third-order valence-electron chi connectivity index (χ3n) is 6.65. The van der Waals surface area contributed by atoms with Gasteiger partial charge in [0.1, 0.15) is 0 Å². The molecule has 0 radical (unpaired) electrons. The number of ether oxygens (including phenoxy) is 1. The number of carbonyl (C=O) groups is 1. The lowest BCUT2D eigenvalue weighted by Gasteiger charge is -2.43. The molecule has 0 saturated heterocycles. The average molecular weight is 476 g/mol. The minimum atomic E-state index is -4.35. The quantitative estimate of drug-likeness (QED) is 0.363. The summed E-state index contributed by atoms with van der Waals surface area (Å²) >= 11 is 0. The van der Waals surface area contributed by atoms with Crippen molar-refractivity contribution >= 4 is 5.97 Å². The zero-order chi connectivity index (χ0) is 24.7. The van der Waals surface area contributed by atoms with Crippen LogP contribution in [0.1, 0.15) is 69.1 Å². The van der Waals surface area contributed by atoms with E-state index in [9.17, 15) is 18.0 Å². The molecule has 0 aliphatic heterocycles. The van der Waals surface area contributed by atoms with Gasteiger partial charge in [0.2, 0.25) is 0 Å². The Bertz CT molecular complexity index is 896. The molecule has 186 valence electrons. The van der Waals surface area contributed by atoms with E-state index in [4.69, 9.17) is 4.74 Å². The van der Waals surface area contributed by atoms with Gasteiger partial charge in [-0.2, -0.15) is 13.2 Å². The molecule has 1 aliphatic rings. The number of nitrogens with zero attached hydrogens (tertiary/aromatic N) is 1. The first-order valence-corrected chi connectivity index (χ1v) is 12.3. The molecule has 2 aromatic rings. The Kier molecular flexibility index (Phi) is 9.17. The summed E-state index contributed by atoms with van der Waals surface area (Å²) in [6.07, 6.45) is -1.42. The molecule has 3 nitrogen and oxygen atoms in total. The maximum absolute atomic E-state index is 13.2. The van der Waals surface area contributed by atoms with Crippen LogP contribution in [-0.2, 0) is 22.3 Å². The SMILES string of the molecule is CCOC(=O)C[C@@H]1CC[C@@H](N(Cc2ccccc2)CC(C)C)[C@H](c2ccc(C(F)(F)F)cc2)C1. The molecular weight excluding hydrogens is 439 g/mol. The predicted molar refractivity (Wildman–Crippen MR) is 128 cm³/mol. The summed E-state index contributed by atoms with van der Waals surface area (Å²) in [5.41, 5.74) is 1.51. The first-order valence-electron chi connectivity index (χ1n) is 12.3. The van der Waals surface area contributed by atoms with E-state index in [0.29, 0.717) is 18.9 Å². The van der Waals surface area contributed by atoms with Gasteiger partial charge in [0, 0.05) is 25.6 Å². The van der Waals surface area contributed by atoms with Crippen LogP contribution in [0.15, 0.2) is 54.6 Å². The van der Waals surface area contributed by atoms with E-state index in [2.05, 4.69) is 30.9 Å². The molecule has 34 heavy (non-hydrogen) atoms. The van der Waals surface area contributed by atoms with E-state index in [-0.39, 0.29) is 23.8 Å². The highest BCUT2D eigenvalue weighted by Gasteiger charge is 2.37. The van der Waals surface area contributed by atoms with Crippen molar-refractivity contribution < 1.29 is 22.7 Å². The van der Waals surface area contributed by atoms with E-state index < -0.39 is 11.7 Å². The first-order chi connectivity index (χ1) is 16.2. The normalized spacial score (nSPS) is 21.1. The molecule has 3 atom stereocenters. The molecule has 0 bridgehead atoms. The minimum Gasteiger partial charge on any atom is -0.466 e. The fourth-order valence-electron chi connectivity index (χ4n) is 5.20. The van der Waals surface area contributed by atoms with Crippen LogP contribution in [0.4, 0.5) is 13.2 Å². The van der Waals surface area contributed by atoms with Gasteiger partial charge in [-0.1, -0.05) is 56.3 Å². The van der Waals surface area contributed by atoms with Crippen molar-refractivity contribution in [1.29, 1.82) is 0 Å². The second-order valence-electron chi connectivity index (χ2n) is 9.79. The summed E-state index contributed by atoms with van der Waals surface area (Å²) in [6, 6.07) is 16.1. The van der Waals surface area contributed by atoms with Crippen LogP contribution in [0.25, 0.3) is 0 Å². The van der Waals surface area contributed by atoms with Crippen molar-refractivity contribution in [3.8, 4) is 0 Å². The van der Waals surface area contributed by atoms with Crippen LogP contribution in [-0.4, -0.2) is 30.1 Å². The summed E-state index contributed by atoms with van der Waals surface area (Å²) in [6.45, 7) is 8.24. The monoisotopic (exact) mass is 475 g/mol. The molecule has 2 aromatic carbocycles. The third-order valence-corrected chi connectivity index (χ3v) is 6.65. The second-order valence-corrected chi connectivity index (χ2v) is 9.79. The average Bonchev–Trinajstić information content (AvgIpc) is 2.79. The van der Waals surface area contributed by atoms with Crippen LogP contribution in [0.3, 0.4) is 0 Å². The van der Waals surface area contributed by atoms with Crippen molar-refractivity contribution in [3.05, 3.63) is 71.3 Å². The molecule has 0 N–H and O–H groups in total. The van der Waals surface area contributed by atoms with Crippen molar-refractivity contribution in [2.75, 3.05) is 13.2 Å². The molecule has 0 aromatic heterocycles. The lowest BCUT2D eigenvalue weighted by molar-refractivity contribution is -0.144. The van der Waals surface area contributed by atoms with Gasteiger partial charge in [-0.05, 0) is 67.2 Å². The lowest BCUT2D eigenvalue weighted by atomic mass is 9.72. The standard InChI is InChI=1S/C28H36F3NO2/c1-4-34-27(33)17-22-10-15-26(32(18-20(2)3)19-21-8-6-5-7-9-21)25(16-22)23-11-13-24(14-12-23)28(29,30)31/h5-9,11-14,20,22,25-26H,4,10,15-19H2,1-3H3/t22-,25+,26-/m1/s1. The van der Waals surface area contributed by atoms with Crippen LogP contribution in [0.5, 0.6) is 0 Å². The fraction of sp³-hybridized carbons (Fsp3) is 0.536. The predicted octanol–water partition coefficient (Wildman–Crippen LogP) is 7.07. The van der Waals surface area contributed by atoms with Crippen LogP contribution in [0.2, 0.25) is 0 Å². The number of rotatable bonds is 9. The number of alkyl halides is 3. The molecule has 1 aliphatic carbocycles. The first kappa shape index (κ1) is 26.3. The van der Waals surface area contributed by atoms with Crippen molar-refractivity contribution in [3.63, 3.8) is 0 Å². The van der Waals surface area contributed by atoms with Gasteiger partial charge in [0.25, 0.3) is 0 Å². The van der Waals surface area contributed by atoms with Crippen molar-refractivity contribution in [2.45, 2.75) is 71.1 Å². The van der Waals surface area contributed by atoms with Gasteiger partial charge < -0.3 is 4.74 Å². The summed E-state index contributed by atoms with van der Waals surface area (Å²) in [5, 5.41) is 0. The number of esters is 1. The van der Waals surface area contributed by atoms with E-state index in [1.807, 2.05) is 18.2 Å². The summed E-state index contributed by atoms with van der Waals surface area (Å²) in [4.78, 5) is 14.6. The fourth-order valence-corrected chi connectivity index (χ4v) is 5.20. The zero-order valence-corrected chi connectivity index (χ0v) is 20.4. The lowest BCUT2D eigenvalue weighted by Crippen LogP contribution is -2.44. The van der Waals surface area contributed by atoms with Crippen molar-refractivity contribution in [1.82, 2.24) is 4.90 Å². The Morgan fingerprint density at radius 1 is 1.06 bits per heavy atom. The molecule has 6 heteroatoms. The second kappa shape index (κ2) is 11.9. The van der Waals surface area contributed by atoms with Crippen molar-refractivity contribution in [2.24, 2.45) is 11.8 Å². The molecule has 0 heterocycles. The Labute approximate surface area is 201 Å². The number of benzene rings is 2. The zero-order valence-electron chi connectivity index (χ0n) is 20.4. The smallest absolute Gasteiger partial charge is 0.416 e. The summed E-state index contributed by atoms with van der Waals surface area (Å²) in [7, 11) is 0. The van der Waals surface area contributed by atoms with Gasteiger partial charge in [-0.15, -0.1) is 0 Å². The van der Waals surface area contributed by atoms with E-state index in [1.165, 1.54) is 17.7 Å². The highest BCUT2D eigenvalue weighted by molar-refractivity contribution is 5.69. The van der Waals surface area contributed by atoms with Gasteiger partial charge >= 0.3 is 12.1 Å². The highest BCUT2D eigenvalue weighted by Crippen LogP contribution is 2.42. The number of hydrogen-bond acceptors (Lipinski definition) is 3. The molecule has 0 spiro atoms. The molecule has 1 saturated carbocycles. The minimum absolute atomic E-state index is 0.0536. The molecule has 3 rings (SSSR count). The maximum Gasteiger partial charge on any atom is 0.416 e. The van der Waals surface area contributed by atoms with E-state index in [0.717, 1.165) is 37.9 Å². The van der Waals surface area contributed by atoms with E-state index >= 15 is 0 Å². The highest BCUT2D eigenvalue weighted by atomic mass is 19.4. The van der Waals surface area contributed by atoms with Crippen LogP contribution >= 0.6 is 0 Å². The van der Waals surface area contributed by atoms with Crippen LogP contribution < -0.4 is 0 Å². The Balaban J connectivity index is 1.89. The van der Waals surface area contributed by atoms with Gasteiger partial charge in [-0.25, -0.2) is 0 Å². The Morgan fingerprint density at radius 2 is 1.74 bits per heavy atom. The summed E-state index contributed by atoms with van der Waals surface area (Å²) in [5.74, 6) is 0.479. The number of carbonyl (C=O) groups excluding carboxylic acids is 1. The molecule has 0 amide bonds. The number of halogens is 3. The molecule has 0 unspecified atom stereocenters. The van der Waals surface area contributed by atoms with Gasteiger partial charge in [0.15, 0.2) is 0 Å². The Morgan fingerprint density at radius 3 is 2.32 bits per heavy atom. The Hall–Kier alpha value is -2.34. The topological polar surface area (TPSA) is 29.5 Å². The molecular formula is C28H36F3NO2. The number of hydrogen-bond donors (Lipinski definition) is 0. The van der Waals surface area contributed by atoms with Crippen LogP contribution in [0, 0.1) is 11.8 Å². The molecule has 1 fully saturated rings. The van der Waals surface area contributed by atoms with Gasteiger partial charge in [-0.3, -0.25) is 9.69 Å². The largest absolute Gasteiger partial charge is 0.466 e. The van der Waals surface area contributed by atoms with Gasteiger partial charge in [0.05, 0.1) is 12.2 Å². The van der Waals surface area contributed by atoms with E-state index in [1.54, 1.807) is 19.1 Å². The maximum atomic E-state index is 13.2. The third kappa shape index (κ3) is 7.33.